The highest BCUT2D eigenvalue weighted by atomic mass is 19.1. The first-order chi connectivity index (χ1) is 8.95. The summed E-state index contributed by atoms with van der Waals surface area (Å²) < 4.78 is 17.8. The number of nitrogens with zero attached hydrogens (tertiary/aromatic N) is 1. The molecule has 6 heteroatoms. The molecular formula is C13H18FN3O2. The van der Waals surface area contributed by atoms with E-state index < -0.39 is 5.97 Å². The van der Waals surface area contributed by atoms with Gasteiger partial charge in [-0.2, -0.15) is 0 Å². The molecule has 0 amide bonds. The van der Waals surface area contributed by atoms with Crippen LogP contribution in [0.2, 0.25) is 0 Å². The van der Waals surface area contributed by atoms with E-state index in [1.165, 1.54) is 17.1 Å². The fourth-order valence-corrected chi connectivity index (χ4v) is 1.46. The summed E-state index contributed by atoms with van der Waals surface area (Å²) in [6.45, 7) is 3.77. The van der Waals surface area contributed by atoms with Crippen LogP contribution in [0.15, 0.2) is 35.7 Å². The summed E-state index contributed by atoms with van der Waals surface area (Å²) >= 11 is 0. The van der Waals surface area contributed by atoms with Gasteiger partial charge in [-0.05, 0) is 31.5 Å². The number of ether oxygens (including phenoxy) is 1. The monoisotopic (exact) mass is 267 g/mol. The predicted octanol–water partition coefficient (Wildman–Crippen LogP) is 1.25. The van der Waals surface area contributed by atoms with Gasteiger partial charge in [0.15, 0.2) is 0 Å². The number of hydrogen-bond acceptors (Lipinski definition) is 5. The Balaban J connectivity index is 2.79. The summed E-state index contributed by atoms with van der Waals surface area (Å²) in [6.07, 6.45) is 0. The lowest BCUT2D eigenvalue weighted by Gasteiger charge is -2.20. The van der Waals surface area contributed by atoms with Crippen molar-refractivity contribution in [2.45, 2.75) is 20.4 Å². The molecule has 19 heavy (non-hydrogen) atoms. The third-order valence-electron chi connectivity index (χ3n) is 2.56. The Morgan fingerprint density at radius 2 is 2.16 bits per heavy atom. The molecule has 0 atom stereocenters. The minimum atomic E-state index is -0.616. The van der Waals surface area contributed by atoms with Crippen LogP contribution >= 0.6 is 0 Å². The summed E-state index contributed by atoms with van der Waals surface area (Å²) in [5.41, 5.74) is 6.64. The molecule has 1 aromatic rings. The molecule has 0 saturated carbocycles. The van der Waals surface area contributed by atoms with Gasteiger partial charge >= 0.3 is 5.97 Å². The van der Waals surface area contributed by atoms with Gasteiger partial charge in [0.05, 0.1) is 18.8 Å². The lowest BCUT2D eigenvalue weighted by atomic mass is 10.2. The lowest BCUT2D eigenvalue weighted by molar-refractivity contribution is -0.138. The van der Waals surface area contributed by atoms with Crippen LogP contribution in [0.25, 0.3) is 0 Å². The summed E-state index contributed by atoms with van der Waals surface area (Å²) in [6, 6.07) is 6.04. The topological polar surface area (TPSA) is 81.6 Å². The maximum absolute atomic E-state index is 13.0. The van der Waals surface area contributed by atoms with Crippen molar-refractivity contribution < 1.29 is 13.9 Å². The molecule has 0 fully saturated rings. The van der Waals surface area contributed by atoms with E-state index in [0.717, 1.165) is 0 Å². The molecule has 0 aliphatic rings. The third kappa shape index (κ3) is 4.26. The van der Waals surface area contributed by atoms with Crippen molar-refractivity contribution in [3.63, 3.8) is 0 Å². The number of esters is 1. The van der Waals surface area contributed by atoms with Crippen LogP contribution in [-0.4, -0.2) is 17.6 Å². The van der Waals surface area contributed by atoms with Crippen molar-refractivity contribution in [3.05, 3.63) is 47.0 Å². The number of halogens is 1. The smallest absolute Gasteiger partial charge is 0.356 e. The van der Waals surface area contributed by atoms with Gasteiger partial charge in [0.1, 0.15) is 11.5 Å². The van der Waals surface area contributed by atoms with Crippen molar-refractivity contribution in [2.24, 2.45) is 11.6 Å². The van der Waals surface area contributed by atoms with E-state index in [0.29, 0.717) is 11.3 Å². The second kappa shape index (κ2) is 6.75. The molecule has 0 bridgehead atoms. The Labute approximate surface area is 111 Å². The first-order valence-corrected chi connectivity index (χ1v) is 5.85. The molecule has 0 aromatic heterocycles. The number of hydrogen-bond donors (Lipinski definition) is 2. The first kappa shape index (κ1) is 15.0. The Morgan fingerprint density at radius 3 is 2.74 bits per heavy atom. The van der Waals surface area contributed by atoms with Crippen molar-refractivity contribution >= 4 is 5.97 Å². The zero-order valence-electron chi connectivity index (χ0n) is 11.0. The Bertz CT molecular complexity index is 489. The maximum atomic E-state index is 13.0. The van der Waals surface area contributed by atoms with Crippen molar-refractivity contribution in [1.29, 1.82) is 0 Å². The first-order valence-electron chi connectivity index (χ1n) is 5.85. The van der Waals surface area contributed by atoms with E-state index in [2.05, 4.69) is 0 Å². The highest BCUT2D eigenvalue weighted by Gasteiger charge is 2.13. The van der Waals surface area contributed by atoms with Crippen molar-refractivity contribution in [3.8, 4) is 0 Å². The average Bonchev–Trinajstić information content (AvgIpc) is 2.37. The molecule has 104 valence electrons. The largest absolute Gasteiger partial charge is 0.461 e. The quantitative estimate of drug-likeness (QED) is 0.363. The minimum absolute atomic E-state index is 0.0549. The highest BCUT2D eigenvalue weighted by molar-refractivity contribution is 5.88. The number of hydrazine groups is 1. The average molecular weight is 267 g/mol. The SMILES string of the molecule is CCOC(=O)/C(N)=C(\C)N(N)Cc1cccc(F)c1. The zero-order valence-corrected chi connectivity index (χ0v) is 11.0. The number of nitrogens with two attached hydrogens (primary N) is 2. The van der Waals surface area contributed by atoms with Crippen LogP contribution in [0, 0.1) is 5.82 Å². The fraction of sp³-hybridized carbons (Fsp3) is 0.308. The van der Waals surface area contributed by atoms with Gasteiger partial charge in [0.2, 0.25) is 0 Å². The van der Waals surface area contributed by atoms with E-state index in [4.69, 9.17) is 16.3 Å². The van der Waals surface area contributed by atoms with Gasteiger partial charge in [-0.25, -0.2) is 15.0 Å². The number of carbonyl (C=O) groups excluding carboxylic acids is 1. The summed E-state index contributed by atoms with van der Waals surface area (Å²) in [5.74, 6) is 4.84. The summed E-state index contributed by atoms with van der Waals surface area (Å²) in [5, 5.41) is 1.28. The fourth-order valence-electron chi connectivity index (χ4n) is 1.46. The summed E-state index contributed by atoms with van der Waals surface area (Å²) in [4.78, 5) is 11.4. The van der Waals surface area contributed by atoms with Gasteiger partial charge in [-0.1, -0.05) is 12.1 Å². The second-order valence-corrected chi connectivity index (χ2v) is 3.98. The van der Waals surface area contributed by atoms with E-state index in [-0.39, 0.29) is 24.7 Å². The molecule has 0 aliphatic carbocycles. The van der Waals surface area contributed by atoms with Crippen LogP contribution in [0.3, 0.4) is 0 Å². The molecule has 0 aliphatic heterocycles. The van der Waals surface area contributed by atoms with Crippen molar-refractivity contribution in [1.82, 2.24) is 5.01 Å². The zero-order chi connectivity index (χ0) is 14.4. The number of rotatable bonds is 5. The van der Waals surface area contributed by atoms with Crippen LogP contribution in [0.5, 0.6) is 0 Å². The van der Waals surface area contributed by atoms with Crippen LogP contribution in [-0.2, 0) is 16.1 Å². The molecule has 0 spiro atoms. The molecular weight excluding hydrogens is 249 g/mol. The lowest BCUT2D eigenvalue weighted by Crippen LogP contribution is -2.32. The van der Waals surface area contributed by atoms with Gasteiger partial charge in [0, 0.05) is 0 Å². The van der Waals surface area contributed by atoms with Gasteiger partial charge in [-0.15, -0.1) is 0 Å². The standard InChI is InChI=1S/C13H18FN3O2/c1-3-19-13(18)12(15)9(2)17(16)8-10-5-4-6-11(14)7-10/h4-7H,3,8,15-16H2,1-2H3/b12-9-. The molecule has 0 heterocycles. The number of benzene rings is 1. The molecule has 1 aromatic carbocycles. The van der Waals surface area contributed by atoms with Crippen LogP contribution in [0.1, 0.15) is 19.4 Å². The minimum Gasteiger partial charge on any atom is -0.461 e. The third-order valence-corrected chi connectivity index (χ3v) is 2.56. The van der Waals surface area contributed by atoms with Crippen LogP contribution < -0.4 is 11.6 Å². The molecule has 1 rings (SSSR count). The highest BCUT2D eigenvalue weighted by Crippen LogP contribution is 2.10. The maximum Gasteiger partial charge on any atom is 0.356 e. The van der Waals surface area contributed by atoms with E-state index in [1.807, 2.05) is 0 Å². The molecule has 0 radical (unpaired) electrons. The van der Waals surface area contributed by atoms with E-state index in [1.54, 1.807) is 26.0 Å². The van der Waals surface area contributed by atoms with E-state index >= 15 is 0 Å². The van der Waals surface area contributed by atoms with Crippen LogP contribution in [0.4, 0.5) is 4.39 Å². The number of allylic oxidation sites excluding steroid dienone is 1. The van der Waals surface area contributed by atoms with Gasteiger partial charge in [0.25, 0.3) is 0 Å². The van der Waals surface area contributed by atoms with Gasteiger partial charge < -0.3 is 15.5 Å². The molecule has 0 saturated heterocycles. The Morgan fingerprint density at radius 1 is 1.47 bits per heavy atom. The Kier molecular flexibility index (Phi) is 5.32. The molecule has 5 nitrogen and oxygen atoms in total. The van der Waals surface area contributed by atoms with E-state index in [9.17, 15) is 9.18 Å². The normalized spacial score (nSPS) is 11.8. The second-order valence-electron chi connectivity index (χ2n) is 3.98. The molecule has 4 N–H and O–H groups in total. The summed E-state index contributed by atoms with van der Waals surface area (Å²) in [7, 11) is 0. The van der Waals surface area contributed by atoms with Crippen molar-refractivity contribution in [2.75, 3.05) is 6.61 Å². The number of carbonyl (C=O) groups is 1. The molecule has 0 unspecified atom stereocenters. The van der Waals surface area contributed by atoms with Gasteiger partial charge in [-0.3, -0.25) is 0 Å². The predicted molar refractivity (Wildman–Crippen MR) is 69.7 cm³/mol. The Hall–Kier alpha value is -2.08.